The van der Waals surface area contributed by atoms with Crippen LogP contribution in [-0.2, 0) is 4.79 Å². The van der Waals surface area contributed by atoms with Gasteiger partial charge in [-0.1, -0.05) is 61.7 Å². The molecule has 3 aliphatic rings. The topological polar surface area (TPSA) is 20.3 Å². The average molecular weight is 422 g/mol. The molecular weight excluding hydrogens is 389 g/mol. The molecule has 0 heterocycles. The highest BCUT2D eigenvalue weighted by molar-refractivity contribution is 6.36. The van der Waals surface area contributed by atoms with Crippen molar-refractivity contribution in [1.82, 2.24) is 4.90 Å². The second-order valence-corrected chi connectivity index (χ2v) is 9.91. The Balaban J connectivity index is 1.46. The second kappa shape index (κ2) is 8.96. The van der Waals surface area contributed by atoms with Gasteiger partial charge in [0.1, 0.15) is 0 Å². The van der Waals surface area contributed by atoms with Crippen molar-refractivity contribution in [3.63, 3.8) is 0 Å². The zero-order chi connectivity index (χ0) is 19.7. The molecule has 0 radical (unpaired) electrons. The smallest absolute Gasteiger partial charge is 0.226 e. The highest BCUT2D eigenvalue weighted by Crippen LogP contribution is 2.51. The molecule has 1 aromatic rings. The largest absolute Gasteiger partial charge is 0.340 e. The number of carbonyl (C=O) groups is 1. The van der Waals surface area contributed by atoms with E-state index in [0.29, 0.717) is 23.8 Å². The quantitative estimate of drug-likeness (QED) is 0.487. The van der Waals surface area contributed by atoms with Crippen molar-refractivity contribution in [3.05, 3.63) is 33.3 Å². The monoisotopic (exact) mass is 421 g/mol. The van der Waals surface area contributed by atoms with E-state index in [1.165, 1.54) is 64.2 Å². The van der Waals surface area contributed by atoms with Gasteiger partial charge < -0.3 is 4.90 Å². The molecule has 0 spiro atoms. The Bertz CT molecular complexity index is 684. The number of amides is 1. The Labute approximate surface area is 180 Å². The third-order valence-corrected chi connectivity index (χ3v) is 7.92. The van der Waals surface area contributed by atoms with Gasteiger partial charge in [0.15, 0.2) is 0 Å². The first kappa shape index (κ1) is 20.5. The molecule has 0 aliphatic heterocycles. The molecule has 154 valence electrons. The number of nitrogens with zero attached hydrogens (tertiary/aromatic N) is 1. The van der Waals surface area contributed by atoms with Crippen LogP contribution in [0.2, 0.25) is 10.0 Å². The Kier molecular flexibility index (Phi) is 6.57. The average Bonchev–Trinajstić information content (AvgIpc) is 3.50. The molecule has 2 unspecified atom stereocenters. The third-order valence-electron chi connectivity index (χ3n) is 7.29. The molecule has 1 amide bonds. The summed E-state index contributed by atoms with van der Waals surface area (Å²) in [4.78, 5) is 15.3. The summed E-state index contributed by atoms with van der Waals surface area (Å²) >= 11 is 13.4. The van der Waals surface area contributed by atoms with Gasteiger partial charge in [0.2, 0.25) is 5.91 Å². The van der Waals surface area contributed by atoms with Gasteiger partial charge in [-0.2, -0.15) is 0 Å². The number of hydrogen-bond donors (Lipinski definition) is 0. The zero-order valence-corrected chi connectivity index (χ0v) is 18.6. The molecule has 2 nitrogen and oxygen atoms in total. The maximum atomic E-state index is 13.2. The SMILES string of the molecule is CCN(C(=O)C1CC1c1cc(Cl)c(C2CCCCC2)c(Cl)c1)C1CCCCC1. The molecule has 28 heavy (non-hydrogen) atoms. The summed E-state index contributed by atoms with van der Waals surface area (Å²) in [5.74, 6) is 1.26. The lowest BCUT2D eigenvalue weighted by atomic mass is 9.83. The second-order valence-electron chi connectivity index (χ2n) is 9.10. The van der Waals surface area contributed by atoms with Crippen LogP contribution in [0.1, 0.15) is 101 Å². The van der Waals surface area contributed by atoms with E-state index in [2.05, 4.69) is 24.0 Å². The van der Waals surface area contributed by atoms with Crippen LogP contribution in [0.25, 0.3) is 0 Å². The molecule has 4 rings (SSSR count). The molecule has 0 aromatic heterocycles. The van der Waals surface area contributed by atoms with Crippen molar-refractivity contribution < 1.29 is 4.79 Å². The van der Waals surface area contributed by atoms with Crippen molar-refractivity contribution in [2.24, 2.45) is 5.92 Å². The Hall–Kier alpha value is -0.730. The van der Waals surface area contributed by atoms with Gasteiger partial charge in [-0.25, -0.2) is 0 Å². The highest BCUT2D eigenvalue weighted by atomic mass is 35.5. The molecule has 3 saturated carbocycles. The Morgan fingerprint density at radius 2 is 1.54 bits per heavy atom. The summed E-state index contributed by atoms with van der Waals surface area (Å²) < 4.78 is 0. The number of rotatable bonds is 5. The van der Waals surface area contributed by atoms with E-state index in [0.717, 1.165) is 34.1 Å². The summed E-state index contributed by atoms with van der Waals surface area (Å²) in [6, 6.07) is 4.66. The van der Waals surface area contributed by atoms with Crippen molar-refractivity contribution in [1.29, 1.82) is 0 Å². The Morgan fingerprint density at radius 1 is 0.964 bits per heavy atom. The van der Waals surface area contributed by atoms with Gasteiger partial charge in [0, 0.05) is 28.5 Å². The minimum absolute atomic E-state index is 0.120. The van der Waals surface area contributed by atoms with Gasteiger partial charge >= 0.3 is 0 Å². The molecule has 2 atom stereocenters. The minimum Gasteiger partial charge on any atom is -0.340 e. The number of halogens is 2. The van der Waals surface area contributed by atoms with Crippen molar-refractivity contribution in [2.75, 3.05) is 6.54 Å². The fourth-order valence-corrected chi connectivity index (χ4v) is 6.45. The lowest BCUT2D eigenvalue weighted by Gasteiger charge is -2.34. The fraction of sp³-hybridized carbons (Fsp3) is 0.708. The molecule has 1 aromatic carbocycles. The molecule has 4 heteroatoms. The predicted octanol–water partition coefficient (Wildman–Crippen LogP) is 7.33. The van der Waals surface area contributed by atoms with Crippen LogP contribution in [0.4, 0.5) is 0 Å². The van der Waals surface area contributed by atoms with Crippen LogP contribution < -0.4 is 0 Å². The van der Waals surface area contributed by atoms with Crippen LogP contribution >= 0.6 is 23.2 Å². The van der Waals surface area contributed by atoms with E-state index in [1.807, 2.05) is 0 Å². The van der Waals surface area contributed by atoms with Gasteiger partial charge in [-0.3, -0.25) is 4.79 Å². The normalized spacial score (nSPS) is 26.2. The molecule has 0 saturated heterocycles. The number of hydrogen-bond acceptors (Lipinski definition) is 1. The van der Waals surface area contributed by atoms with Crippen molar-refractivity contribution >= 4 is 29.1 Å². The summed E-state index contributed by atoms with van der Waals surface area (Å²) in [5, 5.41) is 1.62. The van der Waals surface area contributed by atoms with Gasteiger partial charge in [0.25, 0.3) is 0 Å². The standard InChI is InChI=1S/C24H33Cl2NO/c1-2-27(18-11-7-4-8-12-18)24(28)20-15-19(20)17-13-21(25)23(22(26)14-17)16-9-5-3-6-10-16/h13-14,16,18-20H,2-12,15H2,1H3. The van der Waals surface area contributed by atoms with Gasteiger partial charge in [0.05, 0.1) is 0 Å². The Morgan fingerprint density at radius 3 is 2.11 bits per heavy atom. The van der Waals surface area contributed by atoms with Crippen LogP contribution in [-0.4, -0.2) is 23.4 Å². The maximum Gasteiger partial charge on any atom is 0.226 e. The fourth-order valence-electron chi connectivity index (χ4n) is 5.64. The zero-order valence-electron chi connectivity index (χ0n) is 17.1. The summed E-state index contributed by atoms with van der Waals surface area (Å²) in [6.45, 7) is 2.95. The molecule has 0 bridgehead atoms. The first-order valence-electron chi connectivity index (χ1n) is 11.4. The van der Waals surface area contributed by atoms with E-state index in [4.69, 9.17) is 23.2 Å². The van der Waals surface area contributed by atoms with E-state index in [9.17, 15) is 4.79 Å². The third kappa shape index (κ3) is 4.24. The van der Waals surface area contributed by atoms with E-state index in [1.54, 1.807) is 0 Å². The van der Waals surface area contributed by atoms with Gasteiger partial charge in [-0.15, -0.1) is 0 Å². The first-order valence-corrected chi connectivity index (χ1v) is 12.1. The lowest BCUT2D eigenvalue weighted by molar-refractivity contribution is -0.135. The van der Waals surface area contributed by atoms with Crippen LogP contribution in [0.3, 0.4) is 0 Å². The van der Waals surface area contributed by atoms with Crippen LogP contribution in [0.15, 0.2) is 12.1 Å². The van der Waals surface area contributed by atoms with Gasteiger partial charge in [-0.05, 0) is 74.1 Å². The van der Waals surface area contributed by atoms with Crippen LogP contribution in [0, 0.1) is 5.92 Å². The first-order chi connectivity index (χ1) is 13.6. The molecule has 0 N–H and O–H groups in total. The van der Waals surface area contributed by atoms with Crippen molar-refractivity contribution in [2.45, 2.75) is 95.4 Å². The number of benzene rings is 1. The summed E-state index contributed by atoms with van der Waals surface area (Å²) in [5.41, 5.74) is 2.31. The minimum atomic E-state index is 0.120. The van der Waals surface area contributed by atoms with E-state index >= 15 is 0 Å². The summed E-state index contributed by atoms with van der Waals surface area (Å²) in [7, 11) is 0. The summed E-state index contributed by atoms with van der Waals surface area (Å²) in [6.07, 6.45) is 13.4. The van der Waals surface area contributed by atoms with E-state index < -0.39 is 0 Å². The molecule has 3 fully saturated rings. The highest BCUT2D eigenvalue weighted by Gasteiger charge is 2.47. The lowest BCUT2D eigenvalue weighted by Crippen LogP contribution is -2.42. The van der Waals surface area contributed by atoms with Crippen molar-refractivity contribution in [3.8, 4) is 0 Å². The number of carbonyl (C=O) groups excluding carboxylic acids is 1. The van der Waals surface area contributed by atoms with E-state index in [-0.39, 0.29) is 5.92 Å². The van der Waals surface area contributed by atoms with Crippen LogP contribution in [0.5, 0.6) is 0 Å². The maximum absolute atomic E-state index is 13.2. The predicted molar refractivity (Wildman–Crippen MR) is 117 cm³/mol. The molecule has 3 aliphatic carbocycles. The molecular formula is C24H33Cl2NO.